The molecule has 0 fully saturated rings. The molecule has 8 heteroatoms. The zero-order valence-corrected chi connectivity index (χ0v) is 11.2. The molecule has 0 saturated heterocycles. The second-order valence-electron chi connectivity index (χ2n) is 3.38. The summed E-state index contributed by atoms with van der Waals surface area (Å²) in [4.78, 5) is 11.1. The monoisotopic (exact) mass is 294 g/mol. The normalized spacial score (nSPS) is 12.8. The van der Waals surface area contributed by atoms with Gasteiger partial charge in [0.05, 0.1) is 5.75 Å². The van der Waals surface area contributed by atoms with E-state index in [2.05, 4.69) is 5.32 Å². The first-order valence-electron chi connectivity index (χ1n) is 5.09. The van der Waals surface area contributed by atoms with Crippen LogP contribution in [0.2, 0.25) is 0 Å². The number of amides is 1. The van der Waals surface area contributed by atoms with Gasteiger partial charge in [0.15, 0.2) is 0 Å². The number of unbranched alkanes of at least 4 members (excludes halogenated alkanes) is 1. The predicted octanol–water partition coefficient (Wildman–Crippen LogP) is 2.29. The Kier molecular flexibility index (Phi) is 11.1. The first-order valence-corrected chi connectivity index (χ1v) is 6.07. The average Bonchev–Trinajstić information content (AvgIpc) is 2.20. The molecule has 0 aliphatic rings. The molecule has 0 bridgehead atoms. The highest BCUT2D eigenvalue weighted by Gasteiger charge is 2.29. The zero-order valence-electron chi connectivity index (χ0n) is 9.55. The molecule has 0 aromatic heterocycles. The highest BCUT2D eigenvalue weighted by molar-refractivity contribution is 8.00. The van der Waals surface area contributed by atoms with E-state index in [0.717, 1.165) is 12.8 Å². The Morgan fingerprint density at radius 3 is 2.47 bits per heavy atom. The van der Waals surface area contributed by atoms with Crippen LogP contribution in [0.4, 0.5) is 13.2 Å². The molecule has 0 aliphatic heterocycles. The minimum atomic E-state index is -4.36. The second-order valence-corrected chi connectivity index (χ2v) is 4.42. The zero-order chi connectivity index (χ0) is 12.6. The quantitative estimate of drug-likeness (QED) is 0.757. The van der Waals surface area contributed by atoms with Crippen LogP contribution in [0.1, 0.15) is 26.2 Å². The van der Waals surface area contributed by atoms with Crippen molar-refractivity contribution in [3.05, 3.63) is 0 Å². The van der Waals surface area contributed by atoms with Gasteiger partial charge in [-0.15, -0.1) is 12.4 Å². The summed E-state index contributed by atoms with van der Waals surface area (Å²) in [5, 5.41) is 2.49. The van der Waals surface area contributed by atoms with Gasteiger partial charge < -0.3 is 11.1 Å². The van der Waals surface area contributed by atoms with Gasteiger partial charge in [-0.2, -0.15) is 13.2 Å². The molecule has 0 spiro atoms. The van der Waals surface area contributed by atoms with E-state index in [1.165, 1.54) is 0 Å². The molecule has 1 unspecified atom stereocenters. The van der Waals surface area contributed by atoms with Crippen LogP contribution in [0.5, 0.6) is 0 Å². The number of nitrogens with two attached hydrogens (primary N) is 1. The maximum absolute atomic E-state index is 11.8. The van der Waals surface area contributed by atoms with Crippen LogP contribution in [0.25, 0.3) is 0 Å². The van der Waals surface area contributed by atoms with Crippen molar-refractivity contribution in [2.45, 2.75) is 37.7 Å². The van der Waals surface area contributed by atoms with E-state index in [1.54, 1.807) is 0 Å². The fraction of sp³-hybridized carbons (Fsp3) is 0.889. The smallest absolute Gasteiger partial charge is 0.351 e. The van der Waals surface area contributed by atoms with Gasteiger partial charge in [-0.05, 0) is 18.2 Å². The molecule has 104 valence electrons. The molecule has 1 amide bonds. The van der Waals surface area contributed by atoms with Crippen LogP contribution >= 0.6 is 24.2 Å². The van der Waals surface area contributed by atoms with Crippen molar-refractivity contribution in [2.75, 3.05) is 12.3 Å². The lowest BCUT2D eigenvalue weighted by atomic mass is 10.1. The van der Waals surface area contributed by atoms with Crippen LogP contribution in [-0.2, 0) is 4.79 Å². The Labute approximate surface area is 109 Å². The van der Waals surface area contributed by atoms with E-state index < -0.39 is 17.2 Å². The Hall–Kier alpha value is -0.140. The van der Waals surface area contributed by atoms with E-state index >= 15 is 0 Å². The van der Waals surface area contributed by atoms with E-state index in [-0.39, 0.29) is 36.8 Å². The SMILES string of the molecule is CCCCC(CN)NC(=O)CSC(F)(F)F.Cl. The third-order valence-electron chi connectivity index (χ3n) is 1.92. The van der Waals surface area contributed by atoms with E-state index in [1.807, 2.05) is 6.92 Å². The standard InChI is InChI=1S/C9H17F3N2OS.ClH/c1-2-3-4-7(5-13)14-8(15)6-16-9(10,11)12;/h7H,2-6,13H2,1H3,(H,14,15);1H. The van der Waals surface area contributed by atoms with Gasteiger partial charge in [-0.3, -0.25) is 4.79 Å². The van der Waals surface area contributed by atoms with E-state index in [9.17, 15) is 18.0 Å². The number of carbonyl (C=O) groups is 1. The summed E-state index contributed by atoms with van der Waals surface area (Å²) in [5.41, 5.74) is 1.04. The summed E-state index contributed by atoms with van der Waals surface area (Å²) in [6.45, 7) is 2.25. The fourth-order valence-electron chi connectivity index (χ4n) is 1.12. The topological polar surface area (TPSA) is 55.1 Å². The second kappa shape index (κ2) is 9.85. The lowest BCUT2D eigenvalue weighted by Crippen LogP contribution is -2.41. The Morgan fingerprint density at radius 2 is 2.06 bits per heavy atom. The van der Waals surface area contributed by atoms with Gasteiger partial charge in [0.25, 0.3) is 0 Å². The third-order valence-corrected chi connectivity index (χ3v) is 2.66. The number of halogens is 4. The van der Waals surface area contributed by atoms with Crippen molar-refractivity contribution in [1.29, 1.82) is 0 Å². The van der Waals surface area contributed by atoms with Crippen LogP contribution < -0.4 is 11.1 Å². The van der Waals surface area contributed by atoms with Gasteiger partial charge in [0.2, 0.25) is 5.91 Å². The van der Waals surface area contributed by atoms with E-state index in [4.69, 9.17) is 5.73 Å². The maximum Gasteiger partial charge on any atom is 0.442 e. The summed E-state index contributed by atoms with van der Waals surface area (Å²) >= 11 is -0.335. The maximum atomic E-state index is 11.8. The Morgan fingerprint density at radius 1 is 1.47 bits per heavy atom. The van der Waals surface area contributed by atoms with Crippen molar-refractivity contribution in [3.63, 3.8) is 0 Å². The number of nitrogens with one attached hydrogen (secondary N) is 1. The molecule has 3 nitrogen and oxygen atoms in total. The number of hydrogen-bond acceptors (Lipinski definition) is 3. The summed E-state index contributed by atoms with van der Waals surface area (Å²) in [5.74, 6) is -1.22. The summed E-state index contributed by atoms with van der Waals surface area (Å²) in [6.07, 6.45) is 2.56. The molecule has 3 N–H and O–H groups in total. The van der Waals surface area contributed by atoms with Crippen molar-refractivity contribution in [3.8, 4) is 0 Å². The number of alkyl halides is 3. The summed E-state index contributed by atoms with van der Waals surface area (Å²) < 4.78 is 35.4. The number of carbonyl (C=O) groups excluding carboxylic acids is 1. The molecule has 0 aromatic rings. The van der Waals surface area contributed by atoms with Crippen molar-refractivity contribution < 1.29 is 18.0 Å². The molecule has 0 aliphatic carbocycles. The molecule has 0 heterocycles. The Bertz CT molecular complexity index is 217. The highest BCUT2D eigenvalue weighted by Crippen LogP contribution is 2.29. The van der Waals surface area contributed by atoms with Crippen molar-refractivity contribution >= 4 is 30.1 Å². The molecule has 0 rings (SSSR count). The summed E-state index contributed by atoms with van der Waals surface area (Å²) in [7, 11) is 0. The first-order chi connectivity index (χ1) is 7.39. The van der Waals surface area contributed by atoms with Crippen LogP contribution in [0, 0.1) is 0 Å². The minimum Gasteiger partial charge on any atom is -0.351 e. The first kappa shape index (κ1) is 19.2. The lowest BCUT2D eigenvalue weighted by Gasteiger charge is -2.16. The lowest BCUT2D eigenvalue weighted by molar-refractivity contribution is -0.119. The van der Waals surface area contributed by atoms with Crippen molar-refractivity contribution in [2.24, 2.45) is 5.73 Å². The molecule has 0 saturated carbocycles. The Balaban J connectivity index is 0. The minimum absolute atomic E-state index is 0. The van der Waals surface area contributed by atoms with E-state index in [0.29, 0.717) is 6.42 Å². The largest absolute Gasteiger partial charge is 0.442 e. The van der Waals surface area contributed by atoms with Gasteiger partial charge in [-0.25, -0.2) is 0 Å². The molecular formula is C9H18ClF3N2OS. The fourth-order valence-corrected chi connectivity index (χ4v) is 1.49. The predicted molar refractivity (Wildman–Crippen MR) is 66.3 cm³/mol. The highest BCUT2D eigenvalue weighted by atomic mass is 35.5. The van der Waals surface area contributed by atoms with Crippen molar-refractivity contribution in [1.82, 2.24) is 5.32 Å². The summed E-state index contributed by atoms with van der Waals surface area (Å²) in [6, 6.07) is -0.221. The van der Waals surface area contributed by atoms with Gasteiger partial charge in [0.1, 0.15) is 0 Å². The molecular weight excluding hydrogens is 277 g/mol. The van der Waals surface area contributed by atoms with Crippen LogP contribution in [0.15, 0.2) is 0 Å². The molecule has 0 aromatic carbocycles. The van der Waals surface area contributed by atoms with Crippen LogP contribution in [-0.4, -0.2) is 29.8 Å². The molecule has 0 radical (unpaired) electrons. The molecule has 1 atom stereocenters. The number of hydrogen-bond donors (Lipinski definition) is 2. The van der Waals surface area contributed by atoms with Gasteiger partial charge in [0, 0.05) is 12.6 Å². The number of thioether (sulfide) groups is 1. The molecule has 17 heavy (non-hydrogen) atoms. The van der Waals surface area contributed by atoms with Gasteiger partial charge >= 0.3 is 5.51 Å². The number of rotatable bonds is 7. The average molecular weight is 295 g/mol. The van der Waals surface area contributed by atoms with Crippen LogP contribution in [0.3, 0.4) is 0 Å². The third kappa shape index (κ3) is 12.1. The van der Waals surface area contributed by atoms with Gasteiger partial charge in [-0.1, -0.05) is 19.8 Å².